The topological polar surface area (TPSA) is 76.3 Å². The lowest BCUT2D eigenvalue weighted by Crippen LogP contribution is -2.18. The van der Waals surface area contributed by atoms with Crippen molar-refractivity contribution in [3.63, 3.8) is 0 Å². The third-order valence-corrected chi connectivity index (χ3v) is 5.97. The van der Waals surface area contributed by atoms with Crippen LogP contribution in [0.4, 0.5) is 10.5 Å². The molecule has 0 spiro atoms. The van der Waals surface area contributed by atoms with Crippen LogP contribution in [0.2, 0.25) is 0 Å². The molecule has 0 aliphatic heterocycles. The van der Waals surface area contributed by atoms with Gasteiger partial charge in [-0.15, -0.1) is 0 Å². The summed E-state index contributed by atoms with van der Waals surface area (Å²) < 4.78 is 13.2. The monoisotopic (exact) mass is 431 g/mol. The van der Waals surface area contributed by atoms with Crippen LogP contribution in [0.5, 0.6) is 5.75 Å². The molecule has 0 saturated heterocycles. The highest BCUT2D eigenvalue weighted by Gasteiger charge is 2.28. The third kappa shape index (κ3) is 4.29. The van der Waals surface area contributed by atoms with Crippen LogP contribution in [0, 0.1) is 11.3 Å². The molecule has 0 radical (unpaired) electrons. The van der Waals surface area contributed by atoms with Gasteiger partial charge in [-0.2, -0.15) is 5.26 Å². The summed E-state index contributed by atoms with van der Waals surface area (Å²) in [7, 11) is 0. The van der Waals surface area contributed by atoms with E-state index in [-0.39, 0.29) is 0 Å². The standard InChI is InChI=1S/C26H29N3O3/c1-3-5-15-32-26(30)28-19-11-9-18(10-12-19)25-23(17-27)22-16-21(31-4-2)13-14-24(22)29(25)20-7-6-8-20/h9-14,16,20H,3-8,15H2,1-2H3,(H,28,30). The number of nitrogens with zero attached hydrogens (tertiary/aromatic N) is 2. The summed E-state index contributed by atoms with van der Waals surface area (Å²) in [6.45, 7) is 5.00. The number of unbranched alkanes of at least 4 members (excludes halogenated alkanes) is 1. The fraction of sp³-hybridized carbons (Fsp3) is 0.385. The number of hydrogen-bond acceptors (Lipinski definition) is 4. The Bertz CT molecular complexity index is 1140. The minimum Gasteiger partial charge on any atom is -0.494 e. The van der Waals surface area contributed by atoms with Gasteiger partial charge in [0.15, 0.2) is 0 Å². The van der Waals surface area contributed by atoms with Crippen molar-refractivity contribution in [3.8, 4) is 23.1 Å². The van der Waals surface area contributed by atoms with Crippen molar-refractivity contribution in [2.45, 2.75) is 52.0 Å². The highest BCUT2D eigenvalue weighted by atomic mass is 16.5. The van der Waals surface area contributed by atoms with Crippen molar-refractivity contribution in [3.05, 3.63) is 48.0 Å². The van der Waals surface area contributed by atoms with E-state index >= 15 is 0 Å². The zero-order valence-corrected chi connectivity index (χ0v) is 18.7. The zero-order chi connectivity index (χ0) is 22.5. The quantitative estimate of drug-likeness (QED) is 0.405. The molecule has 0 bridgehead atoms. The van der Waals surface area contributed by atoms with Crippen LogP contribution in [0.1, 0.15) is 57.6 Å². The molecule has 1 heterocycles. The summed E-state index contributed by atoms with van der Waals surface area (Å²) in [6, 6.07) is 16.4. The van der Waals surface area contributed by atoms with Crippen LogP contribution in [-0.2, 0) is 4.74 Å². The summed E-state index contributed by atoms with van der Waals surface area (Å²) in [6.07, 6.45) is 4.79. The van der Waals surface area contributed by atoms with Crippen LogP contribution in [0.3, 0.4) is 0 Å². The second kappa shape index (κ2) is 9.78. The van der Waals surface area contributed by atoms with Crippen molar-refractivity contribution in [2.75, 3.05) is 18.5 Å². The summed E-state index contributed by atoms with van der Waals surface area (Å²) in [5, 5.41) is 13.8. The number of carbonyl (C=O) groups is 1. The van der Waals surface area contributed by atoms with Crippen molar-refractivity contribution < 1.29 is 14.3 Å². The number of nitrogens with one attached hydrogen (secondary N) is 1. The summed E-state index contributed by atoms with van der Waals surface area (Å²) >= 11 is 0. The SMILES string of the molecule is CCCCOC(=O)Nc1ccc(-c2c(C#N)c3cc(OCC)ccc3n2C2CCC2)cc1. The Kier molecular flexibility index (Phi) is 6.65. The molecule has 0 atom stereocenters. The maximum absolute atomic E-state index is 11.9. The molecule has 1 aromatic heterocycles. The Morgan fingerprint density at radius 2 is 1.97 bits per heavy atom. The van der Waals surface area contributed by atoms with E-state index in [0.29, 0.717) is 30.5 Å². The lowest BCUT2D eigenvalue weighted by atomic mass is 9.92. The third-order valence-electron chi connectivity index (χ3n) is 5.97. The Labute approximate surface area is 188 Å². The maximum atomic E-state index is 11.9. The van der Waals surface area contributed by atoms with Crippen molar-refractivity contribution in [1.29, 1.82) is 5.26 Å². The average molecular weight is 432 g/mol. The van der Waals surface area contributed by atoms with Crippen molar-refractivity contribution in [2.24, 2.45) is 0 Å². The van der Waals surface area contributed by atoms with Gasteiger partial charge >= 0.3 is 6.09 Å². The zero-order valence-electron chi connectivity index (χ0n) is 18.7. The summed E-state index contributed by atoms with van der Waals surface area (Å²) in [5.41, 5.74) is 4.27. The van der Waals surface area contributed by atoms with Crippen molar-refractivity contribution in [1.82, 2.24) is 4.57 Å². The number of hydrogen-bond donors (Lipinski definition) is 1. The number of amides is 1. The number of benzene rings is 2. The molecule has 1 aliphatic carbocycles. The predicted molar refractivity (Wildman–Crippen MR) is 126 cm³/mol. The molecule has 1 fully saturated rings. The van der Waals surface area contributed by atoms with Crippen LogP contribution in [0.15, 0.2) is 42.5 Å². The molecule has 3 aromatic rings. The van der Waals surface area contributed by atoms with E-state index in [1.807, 2.05) is 43.3 Å². The van der Waals surface area contributed by atoms with Gasteiger partial charge in [0, 0.05) is 17.1 Å². The first-order valence-electron chi connectivity index (χ1n) is 11.4. The molecule has 0 unspecified atom stereocenters. The lowest BCUT2D eigenvalue weighted by Gasteiger charge is -2.30. The largest absolute Gasteiger partial charge is 0.494 e. The molecule has 6 heteroatoms. The van der Waals surface area contributed by atoms with E-state index in [4.69, 9.17) is 9.47 Å². The Hall–Kier alpha value is -3.46. The van der Waals surface area contributed by atoms with Crippen molar-refractivity contribution >= 4 is 22.7 Å². The second-order valence-corrected chi connectivity index (χ2v) is 8.09. The first kappa shape index (κ1) is 21.8. The molecule has 6 nitrogen and oxygen atoms in total. The molecule has 2 aromatic carbocycles. The fourth-order valence-corrected chi connectivity index (χ4v) is 4.15. The maximum Gasteiger partial charge on any atom is 0.411 e. The van der Waals surface area contributed by atoms with Gasteiger partial charge in [0.1, 0.15) is 11.8 Å². The number of nitriles is 1. The van der Waals surface area contributed by atoms with E-state index in [1.165, 1.54) is 6.42 Å². The van der Waals surface area contributed by atoms with Crippen LogP contribution >= 0.6 is 0 Å². The van der Waals surface area contributed by atoms with E-state index in [2.05, 4.69) is 28.9 Å². The van der Waals surface area contributed by atoms with Gasteiger partial charge in [-0.3, -0.25) is 5.32 Å². The van der Waals surface area contributed by atoms with Gasteiger partial charge in [-0.1, -0.05) is 25.5 Å². The molecule has 1 amide bonds. The Morgan fingerprint density at radius 1 is 1.19 bits per heavy atom. The average Bonchev–Trinajstić information content (AvgIpc) is 3.07. The number of aromatic nitrogens is 1. The summed E-state index contributed by atoms with van der Waals surface area (Å²) in [5.74, 6) is 0.773. The number of rotatable bonds is 8. The highest BCUT2D eigenvalue weighted by molar-refractivity contribution is 5.96. The number of fused-ring (bicyclic) bond motifs is 1. The van der Waals surface area contributed by atoms with E-state index in [1.54, 1.807) is 0 Å². The van der Waals surface area contributed by atoms with E-state index in [0.717, 1.165) is 53.6 Å². The molecular weight excluding hydrogens is 402 g/mol. The van der Waals surface area contributed by atoms with Gasteiger partial charge in [0.2, 0.25) is 0 Å². The minimum absolute atomic E-state index is 0.388. The molecule has 1 N–H and O–H groups in total. The van der Waals surface area contributed by atoms with Crippen LogP contribution in [-0.4, -0.2) is 23.9 Å². The molecule has 32 heavy (non-hydrogen) atoms. The van der Waals surface area contributed by atoms with Crippen LogP contribution < -0.4 is 10.1 Å². The number of carbonyl (C=O) groups excluding carboxylic acids is 1. The van der Waals surface area contributed by atoms with E-state index in [9.17, 15) is 10.1 Å². The van der Waals surface area contributed by atoms with Gasteiger partial charge in [0.25, 0.3) is 0 Å². The number of ether oxygens (including phenoxy) is 2. The second-order valence-electron chi connectivity index (χ2n) is 8.09. The fourth-order valence-electron chi connectivity index (χ4n) is 4.15. The molecule has 4 rings (SSSR count). The number of anilines is 1. The lowest BCUT2D eigenvalue weighted by molar-refractivity contribution is 0.160. The minimum atomic E-state index is -0.448. The normalized spacial score (nSPS) is 13.4. The molecule has 166 valence electrons. The molecule has 1 aliphatic rings. The Morgan fingerprint density at radius 3 is 2.59 bits per heavy atom. The van der Waals surface area contributed by atoms with Gasteiger partial charge in [-0.25, -0.2) is 4.79 Å². The van der Waals surface area contributed by atoms with Gasteiger partial charge in [-0.05, 0) is 68.5 Å². The highest BCUT2D eigenvalue weighted by Crippen LogP contribution is 2.43. The summed E-state index contributed by atoms with van der Waals surface area (Å²) in [4.78, 5) is 11.9. The predicted octanol–water partition coefficient (Wildman–Crippen LogP) is 6.65. The van der Waals surface area contributed by atoms with E-state index < -0.39 is 6.09 Å². The van der Waals surface area contributed by atoms with Gasteiger partial charge in [0.05, 0.1) is 30.0 Å². The molecular formula is C26H29N3O3. The van der Waals surface area contributed by atoms with Gasteiger partial charge < -0.3 is 14.0 Å². The van der Waals surface area contributed by atoms with Crippen LogP contribution in [0.25, 0.3) is 22.2 Å². The first-order chi connectivity index (χ1) is 15.7. The molecule has 1 saturated carbocycles. The Balaban J connectivity index is 1.70. The first-order valence-corrected chi connectivity index (χ1v) is 11.4. The smallest absolute Gasteiger partial charge is 0.411 e.